The number of carboxylic acids is 1. The first-order valence-electron chi connectivity index (χ1n) is 9.03. The van der Waals surface area contributed by atoms with Crippen LogP contribution in [0.4, 0.5) is 11.4 Å². The molecule has 0 unspecified atom stereocenters. The molecule has 1 saturated carbocycles. The van der Waals surface area contributed by atoms with Gasteiger partial charge in [-0.1, -0.05) is 12.1 Å². The normalized spacial score (nSPS) is 19.1. The molecule has 1 aromatic heterocycles. The Labute approximate surface area is 157 Å². The predicted molar refractivity (Wildman–Crippen MR) is 102 cm³/mol. The molecule has 0 saturated heterocycles. The molecule has 3 rings (SSSR count). The molecule has 1 amide bonds. The van der Waals surface area contributed by atoms with Crippen molar-refractivity contribution in [1.29, 1.82) is 0 Å². The third-order valence-electron chi connectivity index (χ3n) is 4.63. The Balaban J connectivity index is 1.53. The lowest BCUT2D eigenvalue weighted by atomic mass is 9.86. The number of benzene rings is 1. The van der Waals surface area contributed by atoms with Gasteiger partial charge in [-0.05, 0) is 49.9 Å². The number of nitrogens with zero attached hydrogens (tertiary/aromatic N) is 1. The molecule has 1 fully saturated rings. The average molecular weight is 369 g/mol. The number of aromatic nitrogens is 1. The molecule has 1 aromatic carbocycles. The number of para-hydroxylation sites is 2. The third-order valence-corrected chi connectivity index (χ3v) is 4.63. The van der Waals surface area contributed by atoms with Gasteiger partial charge in [0, 0.05) is 12.2 Å². The number of hydrogen-bond donors (Lipinski definition) is 3. The van der Waals surface area contributed by atoms with E-state index in [1.54, 1.807) is 24.5 Å². The van der Waals surface area contributed by atoms with E-state index in [0.29, 0.717) is 24.3 Å². The van der Waals surface area contributed by atoms with Gasteiger partial charge in [-0.25, -0.2) is 0 Å². The molecule has 1 aliphatic rings. The highest BCUT2D eigenvalue weighted by Crippen LogP contribution is 2.30. The molecule has 1 heterocycles. The first kappa shape index (κ1) is 18.7. The van der Waals surface area contributed by atoms with E-state index in [2.05, 4.69) is 15.6 Å². The topological polar surface area (TPSA) is 101 Å². The molecular formula is C20H23N3O4. The highest BCUT2D eigenvalue weighted by atomic mass is 16.5. The molecule has 3 N–H and O–H groups in total. The maximum Gasteiger partial charge on any atom is 0.306 e. The minimum Gasteiger partial charge on any atom is -0.482 e. The lowest BCUT2D eigenvalue weighted by Crippen LogP contribution is -2.29. The van der Waals surface area contributed by atoms with E-state index in [9.17, 15) is 9.59 Å². The van der Waals surface area contributed by atoms with Crippen LogP contribution in [0.15, 0.2) is 48.8 Å². The summed E-state index contributed by atoms with van der Waals surface area (Å²) in [5, 5.41) is 15.3. The van der Waals surface area contributed by atoms with Crippen LogP contribution in [-0.2, 0) is 9.59 Å². The van der Waals surface area contributed by atoms with E-state index in [4.69, 9.17) is 9.84 Å². The summed E-state index contributed by atoms with van der Waals surface area (Å²) in [5.41, 5.74) is 1.43. The van der Waals surface area contributed by atoms with Crippen LogP contribution < -0.4 is 15.4 Å². The zero-order valence-corrected chi connectivity index (χ0v) is 14.9. The Kier molecular flexibility index (Phi) is 6.25. The van der Waals surface area contributed by atoms with Gasteiger partial charge in [0.1, 0.15) is 5.75 Å². The lowest BCUT2D eigenvalue weighted by Gasteiger charge is -2.28. The Morgan fingerprint density at radius 2 is 1.89 bits per heavy atom. The molecule has 0 atom stereocenters. The highest BCUT2D eigenvalue weighted by molar-refractivity contribution is 5.91. The second-order valence-electron chi connectivity index (χ2n) is 6.61. The number of carboxylic acid groups (broad SMARTS) is 1. The van der Waals surface area contributed by atoms with E-state index in [-0.39, 0.29) is 24.5 Å². The number of ether oxygens (including phenoxy) is 1. The van der Waals surface area contributed by atoms with Gasteiger partial charge in [0.25, 0.3) is 5.91 Å². The highest BCUT2D eigenvalue weighted by Gasteiger charge is 2.26. The molecule has 142 valence electrons. The van der Waals surface area contributed by atoms with Crippen LogP contribution in [0.2, 0.25) is 0 Å². The molecule has 0 bridgehead atoms. The van der Waals surface area contributed by atoms with Crippen LogP contribution in [0.5, 0.6) is 5.75 Å². The van der Waals surface area contributed by atoms with Gasteiger partial charge >= 0.3 is 5.97 Å². The van der Waals surface area contributed by atoms with E-state index in [0.717, 1.165) is 18.5 Å². The zero-order chi connectivity index (χ0) is 19.1. The van der Waals surface area contributed by atoms with Crippen LogP contribution in [0.3, 0.4) is 0 Å². The van der Waals surface area contributed by atoms with Gasteiger partial charge in [0.15, 0.2) is 6.61 Å². The van der Waals surface area contributed by atoms with Gasteiger partial charge < -0.3 is 20.5 Å². The van der Waals surface area contributed by atoms with Gasteiger partial charge in [-0.2, -0.15) is 0 Å². The number of carbonyl (C=O) groups excluding carboxylic acids is 1. The standard InChI is InChI=1S/C20H23N3O4/c24-19(23-16-4-3-11-21-12-16)13-27-18-6-2-1-5-17(18)22-15-9-7-14(8-10-15)20(25)26/h1-6,11-12,14-15,22H,7-10,13H2,(H,23,24)(H,25,26). The number of hydrogen-bond acceptors (Lipinski definition) is 5. The quantitative estimate of drug-likeness (QED) is 0.693. The zero-order valence-electron chi connectivity index (χ0n) is 14.9. The molecule has 0 aliphatic heterocycles. The Bertz CT molecular complexity index is 774. The maximum atomic E-state index is 12.0. The summed E-state index contributed by atoms with van der Waals surface area (Å²) in [6.07, 6.45) is 6.14. The number of rotatable bonds is 7. The van der Waals surface area contributed by atoms with Crippen molar-refractivity contribution in [3.05, 3.63) is 48.8 Å². The summed E-state index contributed by atoms with van der Waals surface area (Å²) in [5.74, 6) is -0.624. The Morgan fingerprint density at radius 3 is 2.59 bits per heavy atom. The monoisotopic (exact) mass is 369 g/mol. The molecule has 7 heteroatoms. The van der Waals surface area contributed by atoms with Crippen molar-refractivity contribution in [2.45, 2.75) is 31.7 Å². The Morgan fingerprint density at radius 1 is 1.11 bits per heavy atom. The van der Waals surface area contributed by atoms with Crippen LogP contribution >= 0.6 is 0 Å². The van der Waals surface area contributed by atoms with E-state index < -0.39 is 5.97 Å². The number of pyridine rings is 1. The van der Waals surface area contributed by atoms with Gasteiger partial charge in [-0.15, -0.1) is 0 Å². The smallest absolute Gasteiger partial charge is 0.306 e. The number of nitrogens with one attached hydrogen (secondary N) is 2. The summed E-state index contributed by atoms with van der Waals surface area (Å²) in [7, 11) is 0. The fourth-order valence-electron chi connectivity index (χ4n) is 3.19. The van der Waals surface area contributed by atoms with Crippen molar-refractivity contribution < 1.29 is 19.4 Å². The van der Waals surface area contributed by atoms with Crippen molar-refractivity contribution in [1.82, 2.24) is 4.98 Å². The van der Waals surface area contributed by atoms with E-state index in [1.165, 1.54) is 0 Å². The number of anilines is 2. The first-order chi connectivity index (χ1) is 13.1. The van der Waals surface area contributed by atoms with E-state index >= 15 is 0 Å². The van der Waals surface area contributed by atoms with Crippen LogP contribution in [-0.4, -0.2) is 34.6 Å². The number of carbonyl (C=O) groups is 2. The summed E-state index contributed by atoms with van der Waals surface area (Å²) >= 11 is 0. The lowest BCUT2D eigenvalue weighted by molar-refractivity contribution is -0.142. The average Bonchev–Trinajstić information content (AvgIpc) is 2.68. The molecule has 2 aromatic rings. The van der Waals surface area contributed by atoms with E-state index in [1.807, 2.05) is 24.3 Å². The largest absolute Gasteiger partial charge is 0.482 e. The summed E-state index contributed by atoms with van der Waals surface area (Å²) in [6.45, 7) is -0.112. The second-order valence-corrected chi connectivity index (χ2v) is 6.61. The SMILES string of the molecule is O=C(COc1ccccc1NC1CCC(C(=O)O)CC1)Nc1cccnc1. The number of amides is 1. The van der Waals surface area contributed by atoms with Crippen LogP contribution in [0.1, 0.15) is 25.7 Å². The van der Waals surface area contributed by atoms with Crippen molar-refractivity contribution in [3.63, 3.8) is 0 Å². The molecule has 0 radical (unpaired) electrons. The van der Waals surface area contributed by atoms with Crippen molar-refractivity contribution in [2.24, 2.45) is 5.92 Å². The number of aliphatic carboxylic acids is 1. The summed E-state index contributed by atoms with van der Waals surface area (Å²) in [6, 6.07) is 11.2. The van der Waals surface area contributed by atoms with Crippen LogP contribution in [0, 0.1) is 5.92 Å². The summed E-state index contributed by atoms with van der Waals surface area (Å²) in [4.78, 5) is 27.1. The molecule has 7 nitrogen and oxygen atoms in total. The fraction of sp³-hybridized carbons (Fsp3) is 0.350. The molecule has 1 aliphatic carbocycles. The Hall–Kier alpha value is -3.09. The molecule has 27 heavy (non-hydrogen) atoms. The minimum atomic E-state index is -0.711. The van der Waals surface area contributed by atoms with Crippen molar-refractivity contribution >= 4 is 23.3 Å². The van der Waals surface area contributed by atoms with Gasteiger partial charge in [0.05, 0.1) is 23.5 Å². The molecular weight excluding hydrogens is 346 g/mol. The van der Waals surface area contributed by atoms with Gasteiger partial charge in [0.2, 0.25) is 0 Å². The fourth-order valence-corrected chi connectivity index (χ4v) is 3.19. The summed E-state index contributed by atoms with van der Waals surface area (Å²) < 4.78 is 5.68. The maximum absolute atomic E-state index is 12.0. The van der Waals surface area contributed by atoms with Gasteiger partial charge in [-0.3, -0.25) is 14.6 Å². The van der Waals surface area contributed by atoms with Crippen molar-refractivity contribution in [3.8, 4) is 5.75 Å². The predicted octanol–water partition coefficient (Wildman–Crippen LogP) is 3.15. The van der Waals surface area contributed by atoms with Crippen molar-refractivity contribution in [2.75, 3.05) is 17.2 Å². The third kappa shape index (κ3) is 5.44. The minimum absolute atomic E-state index is 0.112. The molecule has 0 spiro atoms. The first-order valence-corrected chi connectivity index (χ1v) is 9.03. The second kappa shape index (κ2) is 9.02. The van der Waals surface area contributed by atoms with Crippen LogP contribution in [0.25, 0.3) is 0 Å².